The number of nitrogens with zero attached hydrogens (tertiary/aromatic N) is 3. The van der Waals surface area contributed by atoms with Gasteiger partial charge in [-0.3, -0.25) is 0 Å². The van der Waals surface area contributed by atoms with E-state index in [1.807, 2.05) is 37.3 Å². The molecule has 3 rings (SSSR count). The van der Waals surface area contributed by atoms with Crippen LogP contribution in [0.25, 0.3) is 12.2 Å². The lowest BCUT2D eigenvalue weighted by Crippen LogP contribution is -2.32. The molecule has 5 heteroatoms. The second-order valence-corrected chi connectivity index (χ2v) is 6.32. The average molecular weight is 337 g/mol. The van der Waals surface area contributed by atoms with Crippen LogP contribution < -0.4 is 9.64 Å². The van der Waals surface area contributed by atoms with Gasteiger partial charge in [0.05, 0.1) is 6.61 Å². The first-order chi connectivity index (χ1) is 12.2. The molecule has 1 saturated heterocycles. The predicted molar refractivity (Wildman–Crippen MR) is 98.4 cm³/mol. The van der Waals surface area contributed by atoms with Crippen LogP contribution >= 0.6 is 0 Å². The summed E-state index contributed by atoms with van der Waals surface area (Å²) < 4.78 is 11.3. The fourth-order valence-electron chi connectivity index (χ4n) is 2.91. The van der Waals surface area contributed by atoms with Gasteiger partial charge in [0.15, 0.2) is 0 Å². The first kappa shape index (κ1) is 17.1. The van der Waals surface area contributed by atoms with Crippen LogP contribution in [-0.4, -0.2) is 24.7 Å². The molecule has 0 spiro atoms. The zero-order chi connectivity index (χ0) is 17.6. The number of nitriles is 1. The number of oxazole rings is 1. The summed E-state index contributed by atoms with van der Waals surface area (Å²) in [6, 6.07) is 9.96. The molecule has 0 N–H and O–H groups in total. The summed E-state index contributed by atoms with van der Waals surface area (Å²) in [4.78, 5) is 6.43. The standard InChI is InChI=1S/C20H23N3O2/c1-3-24-17-7-4-16(5-8-17)6-9-19-22-18(14-21)20(25-19)23-12-10-15(2)11-13-23/h4-9,15H,3,10-13H2,1-2H3/b9-6+. The summed E-state index contributed by atoms with van der Waals surface area (Å²) in [5.74, 6) is 2.63. The minimum absolute atomic E-state index is 0.362. The number of benzene rings is 1. The van der Waals surface area contributed by atoms with Crippen molar-refractivity contribution in [3.63, 3.8) is 0 Å². The molecular formula is C20H23N3O2. The Morgan fingerprint density at radius 1 is 1.28 bits per heavy atom. The molecule has 1 fully saturated rings. The molecule has 0 atom stereocenters. The molecule has 1 aliphatic heterocycles. The highest BCUT2D eigenvalue weighted by molar-refractivity contribution is 5.67. The highest BCUT2D eigenvalue weighted by Crippen LogP contribution is 2.27. The minimum Gasteiger partial charge on any atom is -0.494 e. The third kappa shape index (κ3) is 4.21. The molecule has 25 heavy (non-hydrogen) atoms. The molecule has 0 radical (unpaired) electrons. The molecular weight excluding hydrogens is 314 g/mol. The molecule has 0 aliphatic carbocycles. The van der Waals surface area contributed by atoms with Crippen LogP contribution in [0.5, 0.6) is 5.75 Å². The van der Waals surface area contributed by atoms with E-state index in [1.165, 1.54) is 0 Å². The smallest absolute Gasteiger partial charge is 0.235 e. The van der Waals surface area contributed by atoms with Crippen molar-refractivity contribution >= 4 is 18.0 Å². The van der Waals surface area contributed by atoms with Crippen molar-refractivity contribution in [1.29, 1.82) is 5.26 Å². The van der Waals surface area contributed by atoms with Crippen molar-refractivity contribution < 1.29 is 9.15 Å². The third-order valence-electron chi connectivity index (χ3n) is 4.41. The number of hydrogen-bond donors (Lipinski definition) is 0. The molecule has 130 valence electrons. The Bertz CT molecular complexity index is 763. The van der Waals surface area contributed by atoms with Gasteiger partial charge >= 0.3 is 0 Å². The maximum Gasteiger partial charge on any atom is 0.235 e. The predicted octanol–water partition coefficient (Wildman–Crippen LogP) is 4.35. The van der Waals surface area contributed by atoms with Gasteiger partial charge in [0.1, 0.15) is 11.8 Å². The molecule has 0 bridgehead atoms. The van der Waals surface area contributed by atoms with E-state index in [9.17, 15) is 5.26 Å². The molecule has 1 aromatic carbocycles. The second-order valence-electron chi connectivity index (χ2n) is 6.32. The Hall–Kier alpha value is -2.74. The van der Waals surface area contributed by atoms with E-state index >= 15 is 0 Å². The SMILES string of the molecule is CCOc1ccc(/C=C/c2nc(C#N)c(N3CCC(C)CC3)o2)cc1. The van der Waals surface area contributed by atoms with Gasteiger partial charge in [-0.25, -0.2) is 0 Å². The Balaban J connectivity index is 1.73. The highest BCUT2D eigenvalue weighted by atomic mass is 16.5. The monoisotopic (exact) mass is 337 g/mol. The summed E-state index contributed by atoms with van der Waals surface area (Å²) in [6.45, 7) is 6.69. The molecule has 2 heterocycles. The number of anilines is 1. The van der Waals surface area contributed by atoms with Crippen LogP contribution in [0.15, 0.2) is 28.7 Å². The summed E-state index contributed by atoms with van der Waals surface area (Å²) in [6.07, 6.45) is 5.95. The van der Waals surface area contributed by atoms with Crippen molar-refractivity contribution in [3.8, 4) is 11.8 Å². The highest BCUT2D eigenvalue weighted by Gasteiger charge is 2.23. The fraction of sp³-hybridized carbons (Fsp3) is 0.400. The van der Waals surface area contributed by atoms with Crippen molar-refractivity contribution in [1.82, 2.24) is 4.98 Å². The quantitative estimate of drug-likeness (QED) is 0.811. The van der Waals surface area contributed by atoms with Gasteiger partial charge in [-0.1, -0.05) is 19.1 Å². The number of aromatic nitrogens is 1. The summed E-state index contributed by atoms with van der Waals surface area (Å²) in [7, 11) is 0. The first-order valence-electron chi connectivity index (χ1n) is 8.76. The molecule has 1 aromatic heterocycles. The van der Waals surface area contributed by atoms with E-state index in [-0.39, 0.29) is 0 Å². The van der Waals surface area contributed by atoms with E-state index in [0.29, 0.717) is 24.1 Å². The van der Waals surface area contributed by atoms with E-state index in [1.54, 1.807) is 6.08 Å². The van der Waals surface area contributed by atoms with Gasteiger partial charge in [-0.15, -0.1) is 0 Å². The maximum atomic E-state index is 9.34. The Morgan fingerprint density at radius 2 is 2.00 bits per heavy atom. The number of rotatable bonds is 5. The zero-order valence-corrected chi connectivity index (χ0v) is 14.7. The normalized spacial score (nSPS) is 15.5. The fourth-order valence-corrected chi connectivity index (χ4v) is 2.91. The molecule has 2 aromatic rings. The van der Waals surface area contributed by atoms with Crippen molar-refractivity contribution in [2.24, 2.45) is 5.92 Å². The van der Waals surface area contributed by atoms with E-state index < -0.39 is 0 Å². The summed E-state index contributed by atoms with van der Waals surface area (Å²) >= 11 is 0. The van der Waals surface area contributed by atoms with Gasteiger partial charge in [-0.2, -0.15) is 10.2 Å². The van der Waals surface area contributed by atoms with E-state index in [2.05, 4.69) is 22.9 Å². The molecule has 0 saturated carbocycles. The number of hydrogen-bond acceptors (Lipinski definition) is 5. The topological polar surface area (TPSA) is 62.3 Å². The maximum absolute atomic E-state index is 9.34. The van der Waals surface area contributed by atoms with Gasteiger partial charge in [0, 0.05) is 19.2 Å². The summed E-state index contributed by atoms with van der Waals surface area (Å²) in [5.41, 5.74) is 1.38. The average Bonchev–Trinajstić information content (AvgIpc) is 3.05. The first-order valence-corrected chi connectivity index (χ1v) is 8.76. The van der Waals surface area contributed by atoms with Crippen LogP contribution in [0.1, 0.15) is 43.8 Å². The van der Waals surface area contributed by atoms with Crippen LogP contribution in [0.2, 0.25) is 0 Å². The lowest BCUT2D eigenvalue weighted by atomic mass is 9.99. The van der Waals surface area contributed by atoms with Crippen LogP contribution in [0, 0.1) is 17.2 Å². The number of piperidine rings is 1. The zero-order valence-electron chi connectivity index (χ0n) is 14.7. The Kier molecular flexibility index (Phi) is 5.39. The van der Waals surface area contributed by atoms with Crippen molar-refractivity contribution in [2.75, 3.05) is 24.6 Å². The van der Waals surface area contributed by atoms with Gasteiger partial charge in [0.2, 0.25) is 17.5 Å². The lowest BCUT2D eigenvalue weighted by Gasteiger charge is -2.29. The lowest BCUT2D eigenvalue weighted by molar-refractivity contribution is 0.340. The van der Waals surface area contributed by atoms with Crippen molar-refractivity contribution in [2.45, 2.75) is 26.7 Å². The van der Waals surface area contributed by atoms with E-state index in [0.717, 1.165) is 43.2 Å². The largest absolute Gasteiger partial charge is 0.494 e. The third-order valence-corrected chi connectivity index (χ3v) is 4.41. The van der Waals surface area contributed by atoms with E-state index in [4.69, 9.17) is 9.15 Å². The van der Waals surface area contributed by atoms with Crippen LogP contribution in [0.4, 0.5) is 5.88 Å². The van der Waals surface area contributed by atoms with Crippen molar-refractivity contribution in [3.05, 3.63) is 41.4 Å². The Labute approximate surface area is 148 Å². The minimum atomic E-state index is 0.362. The molecule has 5 nitrogen and oxygen atoms in total. The van der Waals surface area contributed by atoms with Crippen LogP contribution in [0.3, 0.4) is 0 Å². The second kappa shape index (κ2) is 7.89. The molecule has 1 aliphatic rings. The van der Waals surface area contributed by atoms with Crippen LogP contribution in [-0.2, 0) is 0 Å². The van der Waals surface area contributed by atoms with Gasteiger partial charge in [-0.05, 0) is 49.5 Å². The number of ether oxygens (including phenoxy) is 1. The molecule has 0 amide bonds. The molecule has 0 unspecified atom stereocenters. The van der Waals surface area contributed by atoms with Gasteiger partial charge in [0.25, 0.3) is 0 Å². The summed E-state index contributed by atoms with van der Waals surface area (Å²) in [5, 5.41) is 9.34. The van der Waals surface area contributed by atoms with Gasteiger partial charge < -0.3 is 14.1 Å². The Morgan fingerprint density at radius 3 is 2.64 bits per heavy atom.